The van der Waals surface area contributed by atoms with Gasteiger partial charge in [0.25, 0.3) is 0 Å². The maximum absolute atomic E-state index is 13.3. The van der Waals surface area contributed by atoms with Crippen molar-refractivity contribution in [2.45, 2.75) is 24.3 Å². The molecule has 2 aromatic carbocycles. The molecule has 1 aliphatic heterocycles. The highest BCUT2D eigenvalue weighted by molar-refractivity contribution is 5.92. The van der Waals surface area contributed by atoms with E-state index in [2.05, 4.69) is 5.32 Å². The van der Waals surface area contributed by atoms with Gasteiger partial charge in [-0.05, 0) is 22.3 Å². The van der Waals surface area contributed by atoms with Crippen LogP contribution >= 0.6 is 0 Å². The van der Waals surface area contributed by atoms with E-state index in [9.17, 15) is 24.6 Å². The molecule has 2 aliphatic rings. The van der Waals surface area contributed by atoms with Gasteiger partial charge >= 0.3 is 12.1 Å². The van der Waals surface area contributed by atoms with Crippen molar-refractivity contribution in [1.29, 1.82) is 0 Å². The first-order valence-corrected chi connectivity index (χ1v) is 11.3. The van der Waals surface area contributed by atoms with Crippen LogP contribution in [-0.4, -0.2) is 78.1 Å². The number of alkyl carbamates (subject to hydrolysis) is 1. The Morgan fingerprint density at radius 3 is 2.18 bits per heavy atom. The molecule has 0 atom stereocenters. The second-order valence-electron chi connectivity index (χ2n) is 8.49. The number of nitrogens with one attached hydrogen (secondary N) is 1. The van der Waals surface area contributed by atoms with Crippen molar-refractivity contribution in [3.63, 3.8) is 0 Å². The summed E-state index contributed by atoms with van der Waals surface area (Å²) in [6, 6.07) is 16.0. The normalized spacial score (nSPS) is 16.3. The molecule has 34 heavy (non-hydrogen) atoms. The predicted octanol–water partition coefficient (Wildman–Crippen LogP) is 1.98. The summed E-state index contributed by atoms with van der Waals surface area (Å²) in [7, 11) is 0. The lowest BCUT2D eigenvalue weighted by Gasteiger charge is -2.39. The standard InChI is InChI=1S/C25H28N2O7/c28-12-11-27(15-22(29)30)23(31)25(9-13-33-14-10-25)26-24(32)34-16-21-19-7-3-1-5-17(19)18-6-2-4-8-20(18)21/h1-8,21,28H,9-16H2,(H,26,32)(H,29,30). The minimum Gasteiger partial charge on any atom is -0.480 e. The molecule has 2 amide bonds. The third-order valence-electron chi connectivity index (χ3n) is 6.42. The van der Waals surface area contributed by atoms with Crippen molar-refractivity contribution < 1.29 is 34.1 Å². The molecule has 0 aromatic heterocycles. The molecule has 0 spiro atoms. The van der Waals surface area contributed by atoms with E-state index in [0.717, 1.165) is 27.2 Å². The van der Waals surface area contributed by atoms with E-state index in [0.29, 0.717) is 0 Å². The van der Waals surface area contributed by atoms with Gasteiger partial charge in [-0.1, -0.05) is 48.5 Å². The Hall–Kier alpha value is -3.43. The highest BCUT2D eigenvalue weighted by Crippen LogP contribution is 2.44. The van der Waals surface area contributed by atoms with Crippen LogP contribution in [-0.2, 0) is 19.1 Å². The van der Waals surface area contributed by atoms with Crippen LogP contribution in [0.25, 0.3) is 11.1 Å². The number of nitrogens with zero attached hydrogens (tertiary/aromatic N) is 1. The summed E-state index contributed by atoms with van der Waals surface area (Å²) in [4.78, 5) is 38.5. The molecule has 180 valence electrons. The van der Waals surface area contributed by atoms with Gasteiger partial charge in [0.05, 0.1) is 6.61 Å². The molecule has 0 bridgehead atoms. The van der Waals surface area contributed by atoms with Gasteiger partial charge in [-0.2, -0.15) is 0 Å². The SMILES string of the molecule is O=C(O)CN(CCO)C(=O)C1(NC(=O)OCC2c3ccccc3-c3ccccc32)CCOCC1. The van der Waals surface area contributed by atoms with E-state index in [1.54, 1.807) is 0 Å². The fourth-order valence-corrected chi connectivity index (χ4v) is 4.78. The molecule has 2 aromatic rings. The molecule has 0 saturated carbocycles. The van der Waals surface area contributed by atoms with E-state index in [1.165, 1.54) is 0 Å². The van der Waals surface area contributed by atoms with Gasteiger partial charge in [-0.15, -0.1) is 0 Å². The number of carboxylic acid groups (broad SMARTS) is 1. The van der Waals surface area contributed by atoms with Crippen LogP contribution in [0.4, 0.5) is 4.79 Å². The van der Waals surface area contributed by atoms with Crippen LogP contribution in [0.1, 0.15) is 29.9 Å². The molecule has 3 N–H and O–H groups in total. The number of aliphatic hydroxyl groups is 1. The number of amides is 2. The number of fused-ring (bicyclic) bond motifs is 3. The second-order valence-corrected chi connectivity index (χ2v) is 8.49. The van der Waals surface area contributed by atoms with Crippen molar-refractivity contribution >= 4 is 18.0 Å². The van der Waals surface area contributed by atoms with Crippen LogP contribution < -0.4 is 5.32 Å². The maximum atomic E-state index is 13.3. The molecule has 1 fully saturated rings. The zero-order valence-corrected chi connectivity index (χ0v) is 18.7. The number of benzene rings is 2. The number of carbonyl (C=O) groups excluding carboxylic acids is 2. The largest absolute Gasteiger partial charge is 0.480 e. The highest BCUT2D eigenvalue weighted by atomic mass is 16.5. The number of hydrogen-bond donors (Lipinski definition) is 3. The van der Waals surface area contributed by atoms with Gasteiger partial charge in [-0.25, -0.2) is 4.79 Å². The van der Waals surface area contributed by atoms with Crippen LogP contribution in [0.2, 0.25) is 0 Å². The second kappa shape index (κ2) is 10.2. The average Bonchev–Trinajstić information content (AvgIpc) is 3.16. The zero-order chi connectivity index (χ0) is 24.1. The predicted molar refractivity (Wildman–Crippen MR) is 122 cm³/mol. The average molecular weight is 469 g/mol. The third kappa shape index (κ3) is 4.76. The molecule has 4 rings (SSSR count). The first-order valence-electron chi connectivity index (χ1n) is 11.3. The number of ether oxygens (including phenoxy) is 2. The first-order chi connectivity index (χ1) is 16.4. The smallest absolute Gasteiger partial charge is 0.408 e. The quantitative estimate of drug-likeness (QED) is 0.541. The number of aliphatic carboxylic acids is 1. The Morgan fingerprint density at radius 2 is 1.62 bits per heavy atom. The summed E-state index contributed by atoms with van der Waals surface area (Å²) in [5.74, 6) is -1.90. The summed E-state index contributed by atoms with van der Waals surface area (Å²) < 4.78 is 11.0. The molecule has 0 radical (unpaired) electrons. The maximum Gasteiger partial charge on any atom is 0.408 e. The number of carboxylic acids is 1. The summed E-state index contributed by atoms with van der Waals surface area (Å²) in [6.07, 6.45) is -0.397. The summed E-state index contributed by atoms with van der Waals surface area (Å²) in [5.41, 5.74) is 3.01. The highest BCUT2D eigenvalue weighted by Gasteiger charge is 2.45. The van der Waals surface area contributed by atoms with Crippen molar-refractivity contribution in [1.82, 2.24) is 10.2 Å². The fourth-order valence-electron chi connectivity index (χ4n) is 4.78. The van der Waals surface area contributed by atoms with Gasteiger partial charge in [0, 0.05) is 38.5 Å². The Kier molecular flexibility index (Phi) is 7.14. The van der Waals surface area contributed by atoms with Crippen molar-refractivity contribution in [2.75, 3.05) is 39.5 Å². The van der Waals surface area contributed by atoms with E-state index in [4.69, 9.17) is 9.47 Å². The molecule has 9 heteroatoms. The van der Waals surface area contributed by atoms with E-state index >= 15 is 0 Å². The number of aliphatic hydroxyl groups excluding tert-OH is 1. The molecule has 9 nitrogen and oxygen atoms in total. The third-order valence-corrected chi connectivity index (χ3v) is 6.42. The summed E-state index contributed by atoms with van der Waals surface area (Å²) in [6.45, 7) is -0.563. The summed E-state index contributed by atoms with van der Waals surface area (Å²) >= 11 is 0. The van der Waals surface area contributed by atoms with E-state index < -0.39 is 36.7 Å². The monoisotopic (exact) mass is 468 g/mol. The Balaban J connectivity index is 1.49. The van der Waals surface area contributed by atoms with Gasteiger partial charge in [0.15, 0.2) is 0 Å². The van der Waals surface area contributed by atoms with Crippen LogP contribution in [0.5, 0.6) is 0 Å². The molecular formula is C25H28N2O7. The Labute approximate surface area is 197 Å². The molecule has 1 heterocycles. The van der Waals surface area contributed by atoms with Crippen LogP contribution in [0.3, 0.4) is 0 Å². The lowest BCUT2D eigenvalue weighted by Crippen LogP contribution is -2.63. The number of carbonyl (C=O) groups is 3. The molecule has 1 saturated heterocycles. The lowest BCUT2D eigenvalue weighted by atomic mass is 9.88. The first kappa shape index (κ1) is 23.7. The van der Waals surface area contributed by atoms with Gasteiger partial charge in [0.2, 0.25) is 5.91 Å². The minimum absolute atomic E-state index is 0.0934. The number of hydrogen-bond acceptors (Lipinski definition) is 6. The van der Waals surface area contributed by atoms with E-state index in [-0.39, 0.29) is 45.1 Å². The molecule has 0 unspecified atom stereocenters. The summed E-state index contributed by atoms with van der Waals surface area (Å²) in [5, 5.41) is 21.2. The van der Waals surface area contributed by atoms with Crippen LogP contribution in [0, 0.1) is 0 Å². The van der Waals surface area contributed by atoms with Gasteiger partial charge < -0.3 is 29.9 Å². The van der Waals surface area contributed by atoms with Crippen molar-refractivity contribution in [2.24, 2.45) is 0 Å². The molecule has 1 aliphatic carbocycles. The minimum atomic E-state index is -1.36. The fraction of sp³-hybridized carbons (Fsp3) is 0.400. The zero-order valence-electron chi connectivity index (χ0n) is 18.7. The van der Waals surface area contributed by atoms with Gasteiger partial charge in [0.1, 0.15) is 18.7 Å². The van der Waals surface area contributed by atoms with Crippen LogP contribution in [0.15, 0.2) is 48.5 Å². The number of rotatable bonds is 8. The van der Waals surface area contributed by atoms with Crippen molar-refractivity contribution in [3.8, 4) is 11.1 Å². The van der Waals surface area contributed by atoms with E-state index in [1.807, 2.05) is 48.5 Å². The van der Waals surface area contributed by atoms with Crippen molar-refractivity contribution in [3.05, 3.63) is 59.7 Å². The molecular weight excluding hydrogens is 440 g/mol. The topological polar surface area (TPSA) is 125 Å². The lowest BCUT2D eigenvalue weighted by molar-refractivity contribution is -0.150. The van der Waals surface area contributed by atoms with Gasteiger partial charge in [-0.3, -0.25) is 9.59 Å². The Bertz CT molecular complexity index is 1020. The Morgan fingerprint density at radius 1 is 1.03 bits per heavy atom.